The lowest BCUT2D eigenvalue weighted by atomic mass is 10.1. The Balaban J connectivity index is 2.00. The molecule has 24 heavy (non-hydrogen) atoms. The molecule has 1 aromatic carbocycles. The van der Waals surface area contributed by atoms with E-state index in [4.69, 9.17) is 4.74 Å². The van der Waals surface area contributed by atoms with Gasteiger partial charge in [-0.15, -0.1) is 0 Å². The second-order valence-electron chi connectivity index (χ2n) is 5.06. The van der Waals surface area contributed by atoms with E-state index in [-0.39, 0.29) is 22.4 Å². The van der Waals surface area contributed by atoms with Gasteiger partial charge in [0, 0.05) is 12.7 Å². The smallest absolute Gasteiger partial charge is 0.290 e. The van der Waals surface area contributed by atoms with Crippen molar-refractivity contribution in [2.45, 2.75) is 24.1 Å². The summed E-state index contributed by atoms with van der Waals surface area (Å²) in [5, 5.41) is 2.77. The van der Waals surface area contributed by atoms with Crippen molar-refractivity contribution in [1.82, 2.24) is 10.3 Å². The van der Waals surface area contributed by atoms with Crippen LogP contribution in [-0.2, 0) is 6.42 Å². The summed E-state index contributed by atoms with van der Waals surface area (Å²) in [4.78, 5) is 16.1. The number of halogens is 2. The van der Waals surface area contributed by atoms with Crippen molar-refractivity contribution in [3.63, 3.8) is 0 Å². The highest BCUT2D eigenvalue weighted by atomic mass is 32.2. The molecule has 2 rings (SSSR count). The van der Waals surface area contributed by atoms with Crippen LogP contribution in [0.2, 0.25) is 0 Å². The molecule has 0 saturated carbocycles. The number of pyridine rings is 1. The van der Waals surface area contributed by atoms with E-state index >= 15 is 0 Å². The number of nitrogens with one attached hydrogen (secondary N) is 1. The van der Waals surface area contributed by atoms with E-state index in [1.807, 2.05) is 25.1 Å². The molecule has 1 N–H and O–H groups in total. The van der Waals surface area contributed by atoms with Crippen LogP contribution in [0.4, 0.5) is 8.78 Å². The van der Waals surface area contributed by atoms with Crippen LogP contribution in [0.25, 0.3) is 0 Å². The van der Waals surface area contributed by atoms with E-state index in [1.165, 1.54) is 12.3 Å². The molecule has 4 nitrogen and oxygen atoms in total. The van der Waals surface area contributed by atoms with Gasteiger partial charge in [-0.3, -0.25) is 4.79 Å². The third-order valence-corrected chi connectivity index (χ3v) is 4.06. The average Bonchev–Trinajstić information content (AvgIpc) is 2.55. The van der Waals surface area contributed by atoms with Crippen LogP contribution in [0.3, 0.4) is 0 Å². The minimum Gasteiger partial charge on any atom is -0.496 e. The van der Waals surface area contributed by atoms with Gasteiger partial charge in [-0.2, -0.15) is 8.78 Å². The number of amides is 1. The lowest BCUT2D eigenvalue weighted by molar-refractivity contribution is 0.0950. The molecule has 1 heterocycles. The van der Waals surface area contributed by atoms with Gasteiger partial charge in [0.05, 0.1) is 12.7 Å². The van der Waals surface area contributed by atoms with Crippen molar-refractivity contribution in [3.05, 3.63) is 53.2 Å². The van der Waals surface area contributed by atoms with E-state index in [1.54, 1.807) is 13.2 Å². The maximum absolute atomic E-state index is 12.5. The van der Waals surface area contributed by atoms with E-state index in [9.17, 15) is 13.6 Å². The molecular weight excluding hydrogens is 334 g/mol. The van der Waals surface area contributed by atoms with Gasteiger partial charge in [-0.25, -0.2) is 4.98 Å². The second-order valence-corrected chi connectivity index (χ2v) is 6.03. The van der Waals surface area contributed by atoms with Gasteiger partial charge in [0.1, 0.15) is 10.8 Å². The summed E-state index contributed by atoms with van der Waals surface area (Å²) in [5.41, 5.74) is 2.23. The Hall–Kier alpha value is -2.15. The maximum atomic E-state index is 12.5. The molecule has 0 atom stereocenters. The molecule has 0 radical (unpaired) electrons. The Morgan fingerprint density at radius 2 is 2.17 bits per heavy atom. The van der Waals surface area contributed by atoms with Crippen LogP contribution in [0.5, 0.6) is 5.75 Å². The van der Waals surface area contributed by atoms with E-state index in [0.29, 0.717) is 13.0 Å². The Morgan fingerprint density at radius 1 is 1.38 bits per heavy atom. The number of rotatable bonds is 7. The molecule has 1 amide bonds. The number of aromatic nitrogens is 1. The highest BCUT2D eigenvalue weighted by Crippen LogP contribution is 2.26. The van der Waals surface area contributed by atoms with Crippen molar-refractivity contribution in [2.24, 2.45) is 0 Å². The average molecular weight is 352 g/mol. The van der Waals surface area contributed by atoms with Crippen LogP contribution in [0.15, 0.2) is 41.6 Å². The first-order valence-corrected chi connectivity index (χ1v) is 8.20. The molecule has 0 bridgehead atoms. The molecule has 0 aliphatic heterocycles. The third kappa shape index (κ3) is 4.92. The highest BCUT2D eigenvalue weighted by Gasteiger charge is 2.16. The van der Waals surface area contributed by atoms with Crippen LogP contribution in [0.1, 0.15) is 21.5 Å². The molecule has 0 aliphatic rings. The van der Waals surface area contributed by atoms with Crippen LogP contribution < -0.4 is 10.1 Å². The van der Waals surface area contributed by atoms with Gasteiger partial charge in [-0.1, -0.05) is 17.7 Å². The Kier molecular flexibility index (Phi) is 6.54. The second kappa shape index (κ2) is 8.63. The van der Waals surface area contributed by atoms with Crippen LogP contribution in [0, 0.1) is 6.92 Å². The Morgan fingerprint density at radius 3 is 2.88 bits per heavy atom. The van der Waals surface area contributed by atoms with Gasteiger partial charge in [-0.05, 0) is 48.9 Å². The van der Waals surface area contributed by atoms with Gasteiger partial charge in [0.25, 0.3) is 11.7 Å². The number of methoxy groups -OCH3 is 1. The number of thioether (sulfide) groups is 1. The summed E-state index contributed by atoms with van der Waals surface area (Å²) in [6.45, 7) is 2.34. The van der Waals surface area contributed by atoms with E-state index in [2.05, 4.69) is 10.3 Å². The highest BCUT2D eigenvalue weighted by molar-refractivity contribution is 7.99. The monoisotopic (exact) mass is 352 g/mol. The van der Waals surface area contributed by atoms with E-state index in [0.717, 1.165) is 16.9 Å². The SMILES string of the molecule is COc1ccc(C)cc1CCNC(=O)c1cccnc1SC(F)F. The number of carbonyl (C=O) groups is 1. The molecule has 7 heteroatoms. The first kappa shape index (κ1) is 18.2. The molecule has 0 fully saturated rings. The van der Waals surface area contributed by atoms with Gasteiger partial charge in [0.15, 0.2) is 0 Å². The minimum atomic E-state index is -2.62. The number of benzene rings is 1. The minimum absolute atomic E-state index is 0.0261. The predicted octanol–water partition coefficient (Wildman–Crippen LogP) is 3.69. The lowest BCUT2D eigenvalue weighted by Gasteiger charge is -2.11. The molecule has 0 aliphatic carbocycles. The zero-order valence-corrected chi connectivity index (χ0v) is 14.2. The molecular formula is C17H18F2N2O2S. The van der Waals surface area contributed by atoms with Gasteiger partial charge >= 0.3 is 0 Å². The van der Waals surface area contributed by atoms with Crippen LogP contribution in [-0.4, -0.2) is 30.3 Å². The van der Waals surface area contributed by atoms with Crippen molar-refractivity contribution >= 4 is 17.7 Å². The number of nitrogens with zero attached hydrogens (tertiary/aromatic N) is 1. The van der Waals surface area contributed by atoms with E-state index < -0.39 is 11.7 Å². The molecule has 2 aromatic rings. The normalized spacial score (nSPS) is 10.7. The summed E-state index contributed by atoms with van der Waals surface area (Å²) in [6, 6.07) is 8.86. The van der Waals surface area contributed by atoms with Crippen molar-refractivity contribution in [3.8, 4) is 5.75 Å². The molecule has 0 spiro atoms. The summed E-state index contributed by atoms with van der Waals surface area (Å²) in [5.74, 6) is -2.29. The summed E-state index contributed by atoms with van der Waals surface area (Å²) >= 11 is 0.266. The predicted molar refractivity (Wildman–Crippen MR) is 89.9 cm³/mol. The van der Waals surface area contributed by atoms with Crippen molar-refractivity contribution in [2.75, 3.05) is 13.7 Å². The lowest BCUT2D eigenvalue weighted by Crippen LogP contribution is -2.26. The Bertz CT molecular complexity index is 711. The topological polar surface area (TPSA) is 51.2 Å². The summed E-state index contributed by atoms with van der Waals surface area (Å²) in [6.07, 6.45) is 1.97. The van der Waals surface area contributed by atoms with Crippen molar-refractivity contribution < 1.29 is 18.3 Å². The Labute approximate surface area is 143 Å². The maximum Gasteiger partial charge on any atom is 0.290 e. The van der Waals surface area contributed by atoms with Crippen molar-refractivity contribution in [1.29, 1.82) is 0 Å². The number of aryl methyl sites for hydroxylation is 1. The largest absolute Gasteiger partial charge is 0.496 e. The first-order valence-electron chi connectivity index (χ1n) is 7.33. The fourth-order valence-electron chi connectivity index (χ4n) is 2.25. The van der Waals surface area contributed by atoms with Gasteiger partial charge in [0.2, 0.25) is 0 Å². The molecule has 1 aromatic heterocycles. The standard InChI is InChI=1S/C17H18F2N2O2S/c1-11-5-6-14(23-2)12(10-11)7-9-20-15(22)13-4-3-8-21-16(13)24-17(18)19/h3-6,8,10,17H,7,9H2,1-2H3,(H,20,22). The quantitative estimate of drug-likeness (QED) is 0.772. The third-order valence-electron chi connectivity index (χ3n) is 3.33. The zero-order chi connectivity index (χ0) is 17.5. The summed E-state index contributed by atoms with van der Waals surface area (Å²) in [7, 11) is 1.59. The number of ether oxygens (including phenoxy) is 1. The molecule has 0 unspecified atom stereocenters. The molecule has 128 valence electrons. The van der Waals surface area contributed by atoms with Gasteiger partial charge < -0.3 is 10.1 Å². The fourth-order valence-corrected chi connectivity index (χ4v) is 2.83. The molecule has 0 saturated heterocycles. The number of alkyl halides is 2. The number of carbonyl (C=O) groups excluding carboxylic acids is 1. The zero-order valence-electron chi connectivity index (χ0n) is 13.4. The number of hydrogen-bond acceptors (Lipinski definition) is 4. The number of hydrogen-bond donors (Lipinski definition) is 1. The fraction of sp³-hybridized carbons (Fsp3) is 0.294. The first-order chi connectivity index (χ1) is 11.5. The van der Waals surface area contributed by atoms with Crippen LogP contribution >= 0.6 is 11.8 Å². The summed E-state index contributed by atoms with van der Waals surface area (Å²) < 4.78 is 30.4.